The maximum absolute atomic E-state index is 12.6. The van der Waals surface area contributed by atoms with Crippen molar-refractivity contribution < 1.29 is 4.79 Å². The summed E-state index contributed by atoms with van der Waals surface area (Å²) in [5, 5.41) is 0.670. The second-order valence-corrected chi connectivity index (χ2v) is 5.76. The number of benzene rings is 1. The smallest absolute Gasteiger partial charge is 0.257 e. The molecule has 1 aromatic carbocycles. The van der Waals surface area contributed by atoms with Crippen molar-refractivity contribution in [2.75, 3.05) is 7.05 Å². The fraction of sp³-hybridized carbons (Fsp3) is 0.312. The first-order valence-corrected chi connectivity index (χ1v) is 7.33. The maximum atomic E-state index is 12.6. The van der Waals surface area contributed by atoms with Crippen molar-refractivity contribution in [2.45, 2.75) is 25.3 Å². The minimum Gasteiger partial charge on any atom is -0.337 e. The largest absolute Gasteiger partial charge is 0.337 e. The lowest BCUT2D eigenvalue weighted by molar-refractivity contribution is 0.0783. The number of aromatic nitrogens is 2. The van der Waals surface area contributed by atoms with Crippen LogP contribution in [-0.2, 0) is 6.54 Å². The van der Waals surface area contributed by atoms with E-state index in [9.17, 15) is 4.79 Å². The maximum Gasteiger partial charge on any atom is 0.257 e. The van der Waals surface area contributed by atoms with E-state index < -0.39 is 0 Å². The molecule has 0 atom stereocenters. The zero-order valence-corrected chi connectivity index (χ0v) is 12.5. The normalized spacial score (nSPS) is 14.0. The molecule has 1 saturated carbocycles. The Bertz CT molecular complexity index is 670. The van der Waals surface area contributed by atoms with Crippen molar-refractivity contribution in [3.63, 3.8) is 0 Å². The molecule has 0 aliphatic heterocycles. The van der Waals surface area contributed by atoms with Crippen LogP contribution in [0.25, 0.3) is 0 Å². The molecule has 3 rings (SSSR count). The van der Waals surface area contributed by atoms with Crippen LogP contribution >= 0.6 is 11.6 Å². The lowest BCUT2D eigenvalue weighted by Crippen LogP contribution is -2.27. The summed E-state index contributed by atoms with van der Waals surface area (Å²) in [6.45, 7) is 0.470. The molecule has 0 N–H and O–H groups in total. The lowest BCUT2D eigenvalue weighted by Gasteiger charge is -2.19. The van der Waals surface area contributed by atoms with Gasteiger partial charge in [0.15, 0.2) is 0 Å². The summed E-state index contributed by atoms with van der Waals surface area (Å²) in [7, 11) is 1.77. The SMILES string of the molecule is CN(Cc1ccccc1Cl)C(=O)c1cncnc1C1CC1. The van der Waals surface area contributed by atoms with Crippen molar-refractivity contribution in [3.8, 4) is 0 Å². The highest BCUT2D eigenvalue weighted by Crippen LogP contribution is 2.40. The highest BCUT2D eigenvalue weighted by Gasteiger charge is 2.30. The van der Waals surface area contributed by atoms with Crippen LogP contribution in [-0.4, -0.2) is 27.8 Å². The molecule has 0 bridgehead atoms. The van der Waals surface area contributed by atoms with Gasteiger partial charge in [0.05, 0.1) is 11.3 Å². The topological polar surface area (TPSA) is 46.1 Å². The van der Waals surface area contributed by atoms with Gasteiger partial charge in [-0.25, -0.2) is 9.97 Å². The monoisotopic (exact) mass is 301 g/mol. The molecule has 1 aliphatic rings. The molecule has 0 unspecified atom stereocenters. The minimum atomic E-state index is -0.0579. The first kappa shape index (κ1) is 14.0. The van der Waals surface area contributed by atoms with Crippen LogP contribution in [0.3, 0.4) is 0 Å². The molecule has 0 spiro atoms. The molecule has 5 heteroatoms. The van der Waals surface area contributed by atoms with Gasteiger partial charge in [-0.3, -0.25) is 4.79 Å². The minimum absolute atomic E-state index is 0.0579. The molecule has 2 aromatic rings. The van der Waals surface area contributed by atoms with Gasteiger partial charge in [-0.15, -0.1) is 0 Å². The average Bonchev–Trinajstić information content (AvgIpc) is 3.33. The van der Waals surface area contributed by atoms with Gasteiger partial charge in [0.2, 0.25) is 0 Å². The fourth-order valence-corrected chi connectivity index (χ4v) is 2.54. The molecule has 1 amide bonds. The van der Waals surface area contributed by atoms with Gasteiger partial charge < -0.3 is 4.90 Å². The summed E-state index contributed by atoms with van der Waals surface area (Å²) in [4.78, 5) is 22.6. The third-order valence-electron chi connectivity index (χ3n) is 3.65. The van der Waals surface area contributed by atoms with E-state index in [0.717, 1.165) is 24.1 Å². The third kappa shape index (κ3) is 3.05. The summed E-state index contributed by atoms with van der Waals surface area (Å²) in [6, 6.07) is 7.55. The Morgan fingerprint density at radius 1 is 1.38 bits per heavy atom. The highest BCUT2D eigenvalue weighted by atomic mass is 35.5. The second-order valence-electron chi connectivity index (χ2n) is 5.35. The van der Waals surface area contributed by atoms with E-state index in [4.69, 9.17) is 11.6 Å². The van der Waals surface area contributed by atoms with E-state index >= 15 is 0 Å². The Morgan fingerprint density at radius 2 is 2.14 bits per heavy atom. The lowest BCUT2D eigenvalue weighted by atomic mass is 10.1. The van der Waals surface area contributed by atoms with Crippen LogP contribution in [0.1, 0.15) is 40.4 Å². The van der Waals surface area contributed by atoms with Crippen LogP contribution in [0.4, 0.5) is 0 Å². The number of halogens is 1. The van der Waals surface area contributed by atoms with Crippen molar-refractivity contribution in [1.82, 2.24) is 14.9 Å². The number of hydrogen-bond donors (Lipinski definition) is 0. The Balaban J connectivity index is 1.80. The third-order valence-corrected chi connectivity index (χ3v) is 4.02. The summed E-state index contributed by atoms with van der Waals surface area (Å²) >= 11 is 6.15. The molecule has 0 radical (unpaired) electrons. The van der Waals surface area contributed by atoms with Crippen LogP contribution in [0.2, 0.25) is 5.02 Å². The Labute approximate surface area is 128 Å². The average molecular weight is 302 g/mol. The highest BCUT2D eigenvalue weighted by molar-refractivity contribution is 6.31. The molecule has 1 heterocycles. The summed E-state index contributed by atoms with van der Waals surface area (Å²) < 4.78 is 0. The molecular weight excluding hydrogens is 286 g/mol. The van der Waals surface area contributed by atoms with Crippen molar-refractivity contribution in [2.24, 2.45) is 0 Å². The summed E-state index contributed by atoms with van der Waals surface area (Å²) in [6.07, 6.45) is 5.33. The van der Waals surface area contributed by atoms with Crippen LogP contribution in [0.15, 0.2) is 36.8 Å². The van der Waals surface area contributed by atoms with Gasteiger partial charge in [0.25, 0.3) is 5.91 Å². The van der Waals surface area contributed by atoms with E-state index in [-0.39, 0.29) is 5.91 Å². The zero-order chi connectivity index (χ0) is 14.8. The Kier molecular flexibility index (Phi) is 3.88. The van der Waals surface area contributed by atoms with Gasteiger partial charge in [0, 0.05) is 30.7 Å². The van der Waals surface area contributed by atoms with Gasteiger partial charge in [-0.1, -0.05) is 29.8 Å². The number of carbonyl (C=O) groups excluding carboxylic acids is 1. The van der Waals surface area contributed by atoms with E-state index in [0.29, 0.717) is 23.0 Å². The summed E-state index contributed by atoms with van der Waals surface area (Å²) in [5.74, 6) is 0.359. The molecular formula is C16H16ClN3O. The molecule has 21 heavy (non-hydrogen) atoms. The Morgan fingerprint density at radius 3 is 2.86 bits per heavy atom. The number of hydrogen-bond acceptors (Lipinski definition) is 3. The van der Waals surface area contributed by atoms with E-state index in [2.05, 4.69) is 9.97 Å². The first-order chi connectivity index (χ1) is 10.2. The summed E-state index contributed by atoms with van der Waals surface area (Å²) in [5.41, 5.74) is 2.41. The van der Waals surface area contributed by atoms with Crippen molar-refractivity contribution in [3.05, 3.63) is 58.6 Å². The van der Waals surface area contributed by atoms with Crippen LogP contribution < -0.4 is 0 Å². The quantitative estimate of drug-likeness (QED) is 0.870. The van der Waals surface area contributed by atoms with Gasteiger partial charge in [-0.2, -0.15) is 0 Å². The van der Waals surface area contributed by atoms with Crippen molar-refractivity contribution >= 4 is 17.5 Å². The standard InChI is InChI=1S/C16H16ClN3O/c1-20(9-12-4-2-3-5-14(12)17)16(21)13-8-18-10-19-15(13)11-6-7-11/h2-5,8,10-11H,6-7,9H2,1H3. The van der Waals surface area contributed by atoms with Gasteiger partial charge in [-0.05, 0) is 24.5 Å². The molecule has 0 saturated heterocycles. The number of nitrogens with zero attached hydrogens (tertiary/aromatic N) is 3. The van der Waals surface area contributed by atoms with Gasteiger partial charge >= 0.3 is 0 Å². The number of amides is 1. The number of carbonyl (C=O) groups is 1. The van der Waals surface area contributed by atoms with Crippen LogP contribution in [0, 0.1) is 0 Å². The molecule has 1 fully saturated rings. The van der Waals surface area contributed by atoms with E-state index in [1.165, 1.54) is 6.33 Å². The molecule has 1 aromatic heterocycles. The molecule has 108 valence electrons. The predicted octanol–water partition coefficient (Wildman–Crippen LogP) is 3.28. The second kappa shape index (κ2) is 5.82. The molecule has 4 nitrogen and oxygen atoms in total. The first-order valence-electron chi connectivity index (χ1n) is 6.95. The van der Waals surface area contributed by atoms with E-state index in [1.807, 2.05) is 24.3 Å². The zero-order valence-electron chi connectivity index (χ0n) is 11.8. The number of rotatable bonds is 4. The van der Waals surface area contributed by atoms with Gasteiger partial charge in [0.1, 0.15) is 6.33 Å². The van der Waals surface area contributed by atoms with Crippen LogP contribution in [0.5, 0.6) is 0 Å². The fourth-order valence-electron chi connectivity index (χ4n) is 2.35. The predicted molar refractivity (Wildman–Crippen MR) is 81.3 cm³/mol. The van der Waals surface area contributed by atoms with Crippen molar-refractivity contribution in [1.29, 1.82) is 0 Å². The van der Waals surface area contributed by atoms with E-state index in [1.54, 1.807) is 18.1 Å². The molecule has 1 aliphatic carbocycles. The Hall–Kier alpha value is -1.94.